The summed E-state index contributed by atoms with van der Waals surface area (Å²) in [7, 11) is -1.54. The largest absolute Gasteiger partial charge is 0.319 e. The SMILES string of the molecule is CNCCS(=O)(=O)Nc1ccc(Br)cc1C. The number of benzene rings is 1. The summed E-state index contributed by atoms with van der Waals surface area (Å²) in [4.78, 5) is 0. The molecule has 0 radical (unpaired) electrons. The van der Waals surface area contributed by atoms with Gasteiger partial charge in [0.2, 0.25) is 10.0 Å². The van der Waals surface area contributed by atoms with Gasteiger partial charge in [-0.05, 0) is 37.7 Å². The van der Waals surface area contributed by atoms with Crippen molar-refractivity contribution in [1.82, 2.24) is 5.32 Å². The molecule has 1 aromatic carbocycles. The number of aryl methyl sites for hydroxylation is 1. The molecule has 0 saturated carbocycles. The standard InChI is InChI=1S/C10H15BrN2O2S/c1-8-7-9(11)3-4-10(8)13-16(14,15)6-5-12-2/h3-4,7,12-13H,5-6H2,1-2H3. The number of sulfonamides is 1. The van der Waals surface area contributed by atoms with Crippen LogP contribution in [0.15, 0.2) is 22.7 Å². The smallest absolute Gasteiger partial charge is 0.233 e. The van der Waals surface area contributed by atoms with Gasteiger partial charge >= 0.3 is 0 Å². The molecule has 0 heterocycles. The van der Waals surface area contributed by atoms with Gasteiger partial charge in [-0.15, -0.1) is 0 Å². The van der Waals surface area contributed by atoms with Crippen molar-refractivity contribution in [1.29, 1.82) is 0 Å². The topological polar surface area (TPSA) is 58.2 Å². The Kier molecular flexibility index (Phi) is 4.76. The molecule has 0 atom stereocenters. The van der Waals surface area contributed by atoms with Crippen LogP contribution >= 0.6 is 15.9 Å². The maximum atomic E-state index is 11.6. The van der Waals surface area contributed by atoms with Gasteiger partial charge in [0, 0.05) is 11.0 Å². The van der Waals surface area contributed by atoms with Crippen molar-refractivity contribution in [3.63, 3.8) is 0 Å². The van der Waals surface area contributed by atoms with Crippen molar-refractivity contribution < 1.29 is 8.42 Å². The van der Waals surface area contributed by atoms with E-state index in [9.17, 15) is 8.42 Å². The summed E-state index contributed by atoms with van der Waals surface area (Å²) in [6.45, 7) is 2.30. The lowest BCUT2D eigenvalue weighted by molar-refractivity contribution is 0.598. The van der Waals surface area contributed by atoms with Crippen molar-refractivity contribution in [3.05, 3.63) is 28.2 Å². The normalized spacial score (nSPS) is 11.4. The number of halogens is 1. The van der Waals surface area contributed by atoms with Crippen LogP contribution in [0, 0.1) is 6.92 Å². The van der Waals surface area contributed by atoms with Gasteiger partial charge in [-0.3, -0.25) is 4.72 Å². The molecule has 1 rings (SSSR count). The van der Waals surface area contributed by atoms with Gasteiger partial charge in [-0.1, -0.05) is 15.9 Å². The van der Waals surface area contributed by atoms with E-state index in [1.165, 1.54) is 0 Å². The van der Waals surface area contributed by atoms with Crippen molar-refractivity contribution in [2.24, 2.45) is 0 Å². The lowest BCUT2D eigenvalue weighted by Crippen LogP contribution is -2.24. The average Bonchev–Trinajstić information content (AvgIpc) is 2.19. The Balaban J connectivity index is 2.80. The van der Waals surface area contributed by atoms with Gasteiger partial charge in [0.1, 0.15) is 0 Å². The molecule has 0 aliphatic heterocycles. The van der Waals surface area contributed by atoms with Crippen molar-refractivity contribution in [2.45, 2.75) is 6.92 Å². The van der Waals surface area contributed by atoms with Gasteiger partial charge in [0.15, 0.2) is 0 Å². The van der Waals surface area contributed by atoms with E-state index in [-0.39, 0.29) is 5.75 Å². The quantitative estimate of drug-likeness (QED) is 0.871. The van der Waals surface area contributed by atoms with Crippen LogP contribution in [0.3, 0.4) is 0 Å². The Hall–Kier alpha value is -0.590. The highest BCUT2D eigenvalue weighted by molar-refractivity contribution is 9.10. The molecule has 16 heavy (non-hydrogen) atoms. The number of nitrogens with one attached hydrogen (secondary N) is 2. The van der Waals surface area contributed by atoms with Crippen LogP contribution < -0.4 is 10.0 Å². The third kappa shape index (κ3) is 4.11. The summed E-state index contributed by atoms with van der Waals surface area (Å²) < 4.78 is 26.8. The maximum Gasteiger partial charge on any atom is 0.233 e. The van der Waals surface area contributed by atoms with Crippen LogP contribution in [-0.4, -0.2) is 27.8 Å². The first-order valence-electron chi connectivity index (χ1n) is 4.86. The number of anilines is 1. The lowest BCUT2D eigenvalue weighted by Gasteiger charge is -2.10. The molecular formula is C10H15BrN2O2S. The first-order chi connectivity index (χ1) is 7.44. The Morgan fingerprint density at radius 1 is 1.38 bits per heavy atom. The molecule has 0 saturated heterocycles. The van der Waals surface area contributed by atoms with Crippen molar-refractivity contribution >= 4 is 31.6 Å². The van der Waals surface area contributed by atoms with Crippen LogP contribution in [-0.2, 0) is 10.0 Å². The van der Waals surface area contributed by atoms with E-state index in [1.54, 1.807) is 13.1 Å². The second kappa shape index (κ2) is 5.65. The summed E-state index contributed by atoms with van der Waals surface area (Å²) in [6.07, 6.45) is 0. The Morgan fingerprint density at radius 2 is 2.06 bits per heavy atom. The zero-order chi connectivity index (χ0) is 12.2. The van der Waals surface area contributed by atoms with Gasteiger partial charge < -0.3 is 5.32 Å². The summed E-state index contributed by atoms with van der Waals surface area (Å²) in [5.74, 6) is 0.0685. The fourth-order valence-electron chi connectivity index (χ4n) is 1.20. The van der Waals surface area contributed by atoms with Gasteiger partial charge in [-0.25, -0.2) is 8.42 Å². The highest BCUT2D eigenvalue weighted by atomic mass is 79.9. The number of rotatable bonds is 5. The summed E-state index contributed by atoms with van der Waals surface area (Å²) in [6, 6.07) is 5.43. The minimum absolute atomic E-state index is 0.0685. The van der Waals surface area contributed by atoms with E-state index in [0.717, 1.165) is 10.0 Å². The third-order valence-corrected chi connectivity index (χ3v) is 3.84. The van der Waals surface area contributed by atoms with E-state index in [2.05, 4.69) is 26.0 Å². The second-order valence-electron chi connectivity index (χ2n) is 3.48. The molecule has 0 aliphatic rings. The molecule has 0 aromatic heterocycles. The van der Waals surface area contributed by atoms with Crippen LogP contribution in [0.25, 0.3) is 0 Å². The van der Waals surface area contributed by atoms with E-state index in [4.69, 9.17) is 0 Å². The van der Waals surface area contributed by atoms with Crippen LogP contribution in [0.2, 0.25) is 0 Å². The molecule has 2 N–H and O–H groups in total. The van der Waals surface area contributed by atoms with Gasteiger partial charge in [0.25, 0.3) is 0 Å². The molecule has 90 valence electrons. The molecule has 0 spiro atoms. The van der Waals surface area contributed by atoms with Crippen LogP contribution in [0.1, 0.15) is 5.56 Å². The second-order valence-corrected chi connectivity index (χ2v) is 6.24. The predicted molar refractivity (Wildman–Crippen MR) is 70.2 cm³/mol. The fourth-order valence-corrected chi connectivity index (χ4v) is 2.81. The highest BCUT2D eigenvalue weighted by Gasteiger charge is 2.10. The lowest BCUT2D eigenvalue weighted by atomic mass is 10.2. The van der Waals surface area contributed by atoms with E-state index in [0.29, 0.717) is 12.2 Å². The van der Waals surface area contributed by atoms with Crippen molar-refractivity contribution in [3.8, 4) is 0 Å². The maximum absolute atomic E-state index is 11.6. The molecule has 0 fully saturated rings. The molecule has 0 bridgehead atoms. The zero-order valence-corrected chi connectivity index (χ0v) is 11.7. The first-order valence-corrected chi connectivity index (χ1v) is 7.30. The van der Waals surface area contributed by atoms with Crippen molar-refractivity contribution in [2.75, 3.05) is 24.1 Å². The minimum atomic E-state index is -3.26. The Labute approximate surface area is 105 Å². The fraction of sp³-hybridized carbons (Fsp3) is 0.400. The Morgan fingerprint density at radius 3 is 2.62 bits per heavy atom. The van der Waals surface area contributed by atoms with Crippen LogP contribution in [0.4, 0.5) is 5.69 Å². The van der Waals surface area contributed by atoms with Gasteiger partial charge in [-0.2, -0.15) is 0 Å². The van der Waals surface area contributed by atoms with E-state index in [1.807, 2.05) is 19.1 Å². The molecule has 6 heteroatoms. The highest BCUT2D eigenvalue weighted by Crippen LogP contribution is 2.20. The molecule has 0 unspecified atom stereocenters. The monoisotopic (exact) mass is 306 g/mol. The number of hydrogen-bond acceptors (Lipinski definition) is 3. The minimum Gasteiger partial charge on any atom is -0.319 e. The number of hydrogen-bond donors (Lipinski definition) is 2. The average molecular weight is 307 g/mol. The molecule has 1 aromatic rings. The summed E-state index contributed by atoms with van der Waals surface area (Å²) in [5, 5.41) is 2.81. The first kappa shape index (κ1) is 13.5. The predicted octanol–water partition coefficient (Wildman–Crippen LogP) is 1.72. The van der Waals surface area contributed by atoms with Gasteiger partial charge in [0.05, 0.1) is 11.4 Å². The van der Waals surface area contributed by atoms with Crippen LogP contribution in [0.5, 0.6) is 0 Å². The third-order valence-electron chi connectivity index (χ3n) is 2.07. The molecule has 0 amide bonds. The van der Waals surface area contributed by atoms with E-state index < -0.39 is 10.0 Å². The van der Waals surface area contributed by atoms with E-state index >= 15 is 0 Å². The Bertz CT molecular complexity index is 460. The molecule has 0 aliphatic carbocycles. The molecule has 4 nitrogen and oxygen atoms in total. The summed E-state index contributed by atoms with van der Waals surface area (Å²) in [5.41, 5.74) is 1.52. The molecular weight excluding hydrogens is 292 g/mol. The zero-order valence-electron chi connectivity index (χ0n) is 9.25. The summed E-state index contributed by atoms with van der Waals surface area (Å²) >= 11 is 3.33.